The number of nitrogens with one attached hydrogen (secondary N) is 1. The maximum absolute atomic E-state index is 12.2. The van der Waals surface area contributed by atoms with Gasteiger partial charge in [-0.15, -0.1) is 0 Å². The molecule has 2 aliphatic heterocycles. The summed E-state index contributed by atoms with van der Waals surface area (Å²) >= 11 is 0. The SMILES string of the molecule is CC1CC(NC(C)C(=O)N2CCOCC2)CCO1. The zero-order valence-corrected chi connectivity index (χ0v) is 11.4. The zero-order valence-electron chi connectivity index (χ0n) is 11.4. The average molecular weight is 256 g/mol. The molecule has 2 fully saturated rings. The Morgan fingerprint density at radius 3 is 2.72 bits per heavy atom. The van der Waals surface area contributed by atoms with Crippen LogP contribution in [-0.4, -0.2) is 61.9 Å². The smallest absolute Gasteiger partial charge is 0.239 e. The predicted molar refractivity (Wildman–Crippen MR) is 68.4 cm³/mol. The molecule has 3 unspecified atom stereocenters. The van der Waals surface area contributed by atoms with Crippen LogP contribution in [0.5, 0.6) is 0 Å². The Kier molecular flexibility index (Phi) is 4.97. The zero-order chi connectivity index (χ0) is 13.0. The number of ether oxygens (including phenoxy) is 2. The Hall–Kier alpha value is -0.650. The van der Waals surface area contributed by atoms with Crippen molar-refractivity contribution in [1.29, 1.82) is 0 Å². The van der Waals surface area contributed by atoms with Crippen LogP contribution in [0.2, 0.25) is 0 Å². The van der Waals surface area contributed by atoms with E-state index in [-0.39, 0.29) is 11.9 Å². The highest BCUT2D eigenvalue weighted by atomic mass is 16.5. The minimum absolute atomic E-state index is 0.113. The van der Waals surface area contributed by atoms with E-state index in [1.54, 1.807) is 0 Å². The summed E-state index contributed by atoms with van der Waals surface area (Å²) < 4.78 is 10.8. The van der Waals surface area contributed by atoms with Gasteiger partial charge in [0.2, 0.25) is 5.91 Å². The lowest BCUT2D eigenvalue weighted by Gasteiger charge is -2.33. The molecule has 5 heteroatoms. The van der Waals surface area contributed by atoms with Gasteiger partial charge in [-0.1, -0.05) is 0 Å². The van der Waals surface area contributed by atoms with Gasteiger partial charge in [0.25, 0.3) is 0 Å². The summed E-state index contributed by atoms with van der Waals surface area (Å²) in [6, 6.07) is 0.284. The van der Waals surface area contributed by atoms with Crippen LogP contribution < -0.4 is 5.32 Å². The van der Waals surface area contributed by atoms with Crippen molar-refractivity contribution in [3.8, 4) is 0 Å². The quantitative estimate of drug-likeness (QED) is 0.793. The molecule has 0 saturated carbocycles. The second-order valence-corrected chi connectivity index (χ2v) is 5.23. The molecule has 18 heavy (non-hydrogen) atoms. The Bertz CT molecular complexity index is 279. The normalized spacial score (nSPS) is 31.1. The number of carbonyl (C=O) groups is 1. The van der Waals surface area contributed by atoms with Gasteiger partial charge in [-0.05, 0) is 26.7 Å². The maximum Gasteiger partial charge on any atom is 0.239 e. The Morgan fingerprint density at radius 2 is 2.06 bits per heavy atom. The minimum Gasteiger partial charge on any atom is -0.378 e. The van der Waals surface area contributed by atoms with E-state index >= 15 is 0 Å². The van der Waals surface area contributed by atoms with Gasteiger partial charge in [0, 0.05) is 25.7 Å². The minimum atomic E-state index is -0.113. The fourth-order valence-electron chi connectivity index (χ4n) is 2.63. The lowest BCUT2D eigenvalue weighted by molar-refractivity contribution is -0.137. The van der Waals surface area contributed by atoms with Gasteiger partial charge in [-0.25, -0.2) is 0 Å². The lowest BCUT2D eigenvalue weighted by Crippen LogP contribution is -2.52. The summed E-state index contributed by atoms with van der Waals surface area (Å²) in [5.41, 5.74) is 0. The van der Waals surface area contributed by atoms with E-state index in [1.807, 2.05) is 11.8 Å². The molecule has 5 nitrogen and oxygen atoms in total. The van der Waals surface area contributed by atoms with Crippen molar-refractivity contribution in [2.45, 2.75) is 44.9 Å². The first kappa shape index (κ1) is 13.8. The molecule has 2 heterocycles. The summed E-state index contributed by atoms with van der Waals surface area (Å²) in [5, 5.41) is 3.43. The van der Waals surface area contributed by atoms with Gasteiger partial charge in [0.1, 0.15) is 0 Å². The third-order valence-electron chi connectivity index (χ3n) is 3.66. The van der Waals surface area contributed by atoms with Crippen LogP contribution in [0.4, 0.5) is 0 Å². The summed E-state index contributed by atoms with van der Waals surface area (Å²) in [4.78, 5) is 14.1. The number of rotatable bonds is 3. The van der Waals surface area contributed by atoms with Crippen LogP contribution in [0.1, 0.15) is 26.7 Å². The molecule has 104 valence electrons. The predicted octanol–water partition coefficient (Wildman–Crippen LogP) is 0.391. The molecular weight excluding hydrogens is 232 g/mol. The highest BCUT2D eigenvalue weighted by molar-refractivity contribution is 5.81. The molecule has 0 radical (unpaired) electrons. The molecule has 0 spiro atoms. The topological polar surface area (TPSA) is 50.8 Å². The monoisotopic (exact) mass is 256 g/mol. The molecule has 0 aromatic rings. The van der Waals surface area contributed by atoms with Gasteiger partial charge >= 0.3 is 0 Å². The van der Waals surface area contributed by atoms with Crippen LogP contribution in [0, 0.1) is 0 Å². The number of morpholine rings is 1. The summed E-state index contributed by atoms with van der Waals surface area (Å²) in [6.07, 6.45) is 2.27. The number of carbonyl (C=O) groups excluding carboxylic acids is 1. The molecule has 0 bridgehead atoms. The third-order valence-corrected chi connectivity index (χ3v) is 3.66. The van der Waals surface area contributed by atoms with Crippen molar-refractivity contribution >= 4 is 5.91 Å². The van der Waals surface area contributed by atoms with Crippen LogP contribution in [0.15, 0.2) is 0 Å². The molecule has 2 aliphatic rings. The number of hydrogen-bond donors (Lipinski definition) is 1. The molecule has 0 aromatic heterocycles. The highest BCUT2D eigenvalue weighted by Gasteiger charge is 2.26. The summed E-state index contributed by atoms with van der Waals surface area (Å²) in [6.45, 7) is 7.58. The van der Waals surface area contributed by atoms with Crippen LogP contribution >= 0.6 is 0 Å². The first-order valence-electron chi connectivity index (χ1n) is 6.91. The van der Waals surface area contributed by atoms with Crippen molar-refractivity contribution in [3.05, 3.63) is 0 Å². The molecule has 1 amide bonds. The van der Waals surface area contributed by atoms with Crippen molar-refractivity contribution < 1.29 is 14.3 Å². The van der Waals surface area contributed by atoms with Gasteiger partial charge < -0.3 is 19.7 Å². The molecule has 2 rings (SSSR count). The fourth-order valence-corrected chi connectivity index (χ4v) is 2.63. The molecule has 2 saturated heterocycles. The average Bonchev–Trinajstić information content (AvgIpc) is 2.39. The maximum atomic E-state index is 12.2. The van der Waals surface area contributed by atoms with E-state index in [1.165, 1.54) is 0 Å². The number of hydrogen-bond acceptors (Lipinski definition) is 4. The van der Waals surface area contributed by atoms with Crippen LogP contribution in [0.3, 0.4) is 0 Å². The van der Waals surface area contributed by atoms with E-state index in [9.17, 15) is 4.79 Å². The van der Waals surface area contributed by atoms with Gasteiger partial charge in [-0.2, -0.15) is 0 Å². The van der Waals surface area contributed by atoms with Crippen molar-refractivity contribution in [2.75, 3.05) is 32.9 Å². The molecule has 0 aliphatic carbocycles. The highest BCUT2D eigenvalue weighted by Crippen LogP contribution is 2.14. The van der Waals surface area contributed by atoms with Gasteiger partial charge in [-0.3, -0.25) is 4.79 Å². The van der Waals surface area contributed by atoms with Crippen LogP contribution in [-0.2, 0) is 14.3 Å². The largest absolute Gasteiger partial charge is 0.378 e. The number of nitrogens with zero attached hydrogens (tertiary/aromatic N) is 1. The van der Waals surface area contributed by atoms with E-state index < -0.39 is 0 Å². The second-order valence-electron chi connectivity index (χ2n) is 5.23. The van der Waals surface area contributed by atoms with Crippen molar-refractivity contribution in [1.82, 2.24) is 10.2 Å². The van der Waals surface area contributed by atoms with E-state index in [0.29, 0.717) is 25.4 Å². The summed E-state index contributed by atoms with van der Waals surface area (Å²) in [5.74, 6) is 0.192. The van der Waals surface area contributed by atoms with Gasteiger partial charge in [0.15, 0.2) is 0 Å². The van der Waals surface area contributed by atoms with Crippen molar-refractivity contribution in [2.24, 2.45) is 0 Å². The Balaban J connectivity index is 1.79. The summed E-state index contributed by atoms with van der Waals surface area (Å²) in [7, 11) is 0. The van der Waals surface area contributed by atoms with E-state index in [4.69, 9.17) is 9.47 Å². The second kappa shape index (κ2) is 6.50. The molecule has 3 atom stereocenters. The first-order chi connectivity index (χ1) is 8.66. The van der Waals surface area contributed by atoms with Crippen molar-refractivity contribution in [3.63, 3.8) is 0 Å². The van der Waals surface area contributed by atoms with Gasteiger partial charge in [0.05, 0.1) is 25.4 Å². The number of amides is 1. The first-order valence-corrected chi connectivity index (χ1v) is 6.91. The lowest BCUT2D eigenvalue weighted by atomic mass is 10.0. The van der Waals surface area contributed by atoms with E-state index in [2.05, 4.69) is 12.2 Å². The van der Waals surface area contributed by atoms with Crippen LogP contribution in [0.25, 0.3) is 0 Å². The Morgan fingerprint density at radius 1 is 1.33 bits per heavy atom. The third kappa shape index (κ3) is 3.67. The van der Waals surface area contributed by atoms with E-state index in [0.717, 1.165) is 32.5 Å². The molecule has 0 aromatic carbocycles. The molecular formula is C13H24N2O3. The Labute approximate surface area is 109 Å². The molecule has 1 N–H and O–H groups in total. The fraction of sp³-hybridized carbons (Fsp3) is 0.923. The standard InChI is InChI=1S/C13H24N2O3/c1-10-9-12(3-6-18-10)14-11(2)13(16)15-4-7-17-8-5-15/h10-12,14H,3-9H2,1-2H3.